The fourth-order valence-corrected chi connectivity index (χ4v) is 3.13. The maximum Gasteiger partial charge on any atom is 0.573 e. The number of hydrogen-bond donors (Lipinski definition) is 0. The first-order valence-electron chi connectivity index (χ1n) is 8.59. The van der Waals surface area contributed by atoms with Gasteiger partial charge in [0.15, 0.2) is 0 Å². The summed E-state index contributed by atoms with van der Waals surface area (Å²) in [6.45, 7) is 1.87. The highest BCUT2D eigenvalue weighted by Gasteiger charge is 2.30. The molecule has 0 spiro atoms. The zero-order valence-corrected chi connectivity index (χ0v) is 16.4. The van der Waals surface area contributed by atoms with Gasteiger partial charge in [0.2, 0.25) is 0 Å². The normalized spacial score (nSPS) is 10.7. The Labute approximate surface area is 175 Å². The van der Waals surface area contributed by atoms with Crippen molar-refractivity contribution in [1.29, 1.82) is 5.26 Å². The molecule has 0 bridgehead atoms. The van der Waals surface area contributed by atoms with Crippen LogP contribution < -0.4 is 4.74 Å². The standard InChI is InChI=1S/C23H13F4NOS/c1-15-12-16(3-11-22(15)30-14-28)2-4-18-5-6-19(13-21(18)24)17-7-9-20(10-8-17)29-23(25,26)27/h3,5-13H,1H3. The highest BCUT2D eigenvalue weighted by atomic mass is 32.2. The summed E-state index contributed by atoms with van der Waals surface area (Å²) in [7, 11) is 0. The van der Waals surface area contributed by atoms with Crippen LogP contribution in [0.25, 0.3) is 11.1 Å². The Kier molecular flexibility index (Phi) is 6.34. The van der Waals surface area contributed by atoms with E-state index in [2.05, 4.69) is 16.6 Å². The van der Waals surface area contributed by atoms with Crippen LogP contribution in [0.4, 0.5) is 17.6 Å². The monoisotopic (exact) mass is 427 g/mol. The van der Waals surface area contributed by atoms with E-state index in [9.17, 15) is 17.6 Å². The van der Waals surface area contributed by atoms with Crippen molar-refractivity contribution in [3.63, 3.8) is 0 Å². The first kappa shape index (κ1) is 21.3. The van der Waals surface area contributed by atoms with Crippen molar-refractivity contribution in [2.24, 2.45) is 0 Å². The summed E-state index contributed by atoms with van der Waals surface area (Å²) in [6, 6.07) is 15.0. The third-order valence-electron chi connectivity index (χ3n) is 4.06. The summed E-state index contributed by atoms with van der Waals surface area (Å²) in [5.41, 5.74) is 2.85. The molecule has 3 aromatic rings. The Morgan fingerprint density at radius 2 is 1.60 bits per heavy atom. The average molecular weight is 427 g/mol. The molecular weight excluding hydrogens is 414 g/mol. The number of nitriles is 1. The van der Waals surface area contributed by atoms with Crippen LogP contribution in [-0.4, -0.2) is 6.36 Å². The Hall–Kier alpha value is -3.42. The molecule has 3 aromatic carbocycles. The lowest BCUT2D eigenvalue weighted by molar-refractivity contribution is -0.274. The Bertz CT molecular complexity index is 1170. The lowest BCUT2D eigenvalue weighted by Gasteiger charge is -2.09. The van der Waals surface area contributed by atoms with Crippen LogP contribution in [0.1, 0.15) is 16.7 Å². The lowest BCUT2D eigenvalue weighted by atomic mass is 10.0. The number of hydrogen-bond acceptors (Lipinski definition) is 3. The summed E-state index contributed by atoms with van der Waals surface area (Å²) in [5, 5.41) is 10.8. The zero-order chi connectivity index (χ0) is 21.7. The van der Waals surface area contributed by atoms with Crippen LogP contribution in [0.3, 0.4) is 0 Å². The molecule has 0 heterocycles. The molecule has 0 aliphatic heterocycles. The number of benzene rings is 3. The van der Waals surface area contributed by atoms with Crippen molar-refractivity contribution in [1.82, 2.24) is 0 Å². The molecule has 0 aliphatic rings. The molecule has 0 saturated heterocycles. The molecule has 0 atom stereocenters. The van der Waals surface area contributed by atoms with Crippen molar-refractivity contribution in [2.75, 3.05) is 0 Å². The molecule has 0 aromatic heterocycles. The minimum Gasteiger partial charge on any atom is -0.406 e. The average Bonchev–Trinajstić information content (AvgIpc) is 2.68. The van der Waals surface area contributed by atoms with Crippen molar-refractivity contribution in [3.8, 4) is 34.1 Å². The molecule has 0 saturated carbocycles. The highest BCUT2D eigenvalue weighted by molar-refractivity contribution is 8.03. The van der Waals surface area contributed by atoms with E-state index >= 15 is 0 Å². The Balaban J connectivity index is 1.79. The predicted octanol–water partition coefficient (Wildman–Crippen LogP) is 6.67. The fraction of sp³-hybridized carbons (Fsp3) is 0.0870. The van der Waals surface area contributed by atoms with Crippen molar-refractivity contribution < 1.29 is 22.3 Å². The number of thioether (sulfide) groups is 1. The van der Waals surface area contributed by atoms with Crippen molar-refractivity contribution in [3.05, 3.63) is 83.2 Å². The quantitative estimate of drug-likeness (QED) is 0.202. The largest absolute Gasteiger partial charge is 0.573 e. The molecule has 30 heavy (non-hydrogen) atoms. The van der Waals surface area contributed by atoms with Crippen molar-refractivity contribution >= 4 is 11.8 Å². The van der Waals surface area contributed by atoms with E-state index in [4.69, 9.17) is 5.26 Å². The molecule has 150 valence electrons. The zero-order valence-electron chi connectivity index (χ0n) is 15.5. The first-order valence-corrected chi connectivity index (χ1v) is 9.41. The SMILES string of the molecule is Cc1cc(C#Cc2ccc(-c3ccc(OC(F)(F)F)cc3)cc2F)ccc1SC#N. The number of ether oxygens (including phenoxy) is 1. The van der Waals surface area contributed by atoms with Crippen molar-refractivity contribution in [2.45, 2.75) is 18.2 Å². The number of alkyl halides is 3. The third-order valence-corrected chi connectivity index (χ3v) is 4.83. The maximum absolute atomic E-state index is 14.5. The maximum atomic E-state index is 14.5. The Morgan fingerprint density at radius 3 is 2.20 bits per heavy atom. The molecule has 7 heteroatoms. The lowest BCUT2D eigenvalue weighted by Crippen LogP contribution is -2.16. The molecule has 0 N–H and O–H groups in total. The van der Waals surface area contributed by atoms with E-state index in [1.807, 2.05) is 18.4 Å². The molecule has 2 nitrogen and oxygen atoms in total. The molecular formula is C23H13F4NOS. The second-order valence-electron chi connectivity index (χ2n) is 6.19. The van der Waals surface area contributed by atoms with E-state index in [1.54, 1.807) is 18.2 Å². The smallest absolute Gasteiger partial charge is 0.406 e. The Morgan fingerprint density at radius 1 is 0.900 bits per heavy atom. The molecule has 0 amide bonds. The van der Waals surface area contributed by atoms with Crippen LogP contribution in [0, 0.1) is 35.2 Å². The molecule has 0 radical (unpaired) electrons. The summed E-state index contributed by atoms with van der Waals surface area (Å²) < 4.78 is 55.0. The minimum atomic E-state index is -4.76. The highest BCUT2D eigenvalue weighted by Crippen LogP contribution is 2.27. The number of rotatable bonds is 3. The number of nitrogens with zero attached hydrogens (tertiary/aromatic N) is 1. The molecule has 0 unspecified atom stereocenters. The van der Waals surface area contributed by atoms with Crippen LogP contribution in [0.5, 0.6) is 5.75 Å². The predicted molar refractivity (Wildman–Crippen MR) is 107 cm³/mol. The minimum absolute atomic E-state index is 0.198. The summed E-state index contributed by atoms with van der Waals surface area (Å²) in [4.78, 5) is 0.838. The van der Waals surface area contributed by atoms with Crippen LogP contribution in [0.15, 0.2) is 65.6 Å². The van der Waals surface area contributed by atoms with Gasteiger partial charge in [0.05, 0.1) is 5.56 Å². The van der Waals surface area contributed by atoms with Gasteiger partial charge in [-0.25, -0.2) is 4.39 Å². The van der Waals surface area contributed by atoms with Gasteiger partial charge in [-0.3, -0.25) is 0 Å². The van der Waals surface area contributed by atoms with Gasteiger partial charge in [0.1, 0.15) is 17.0 Å². The summed E-state index contributed by atoms with van der Waals surface area (Å²) >= 11 is 1.06. The fourth-order valence-electron chi connectivity index (χ4n) is 2.68. The van der Waals surface area contributed by atoms with E-state index in [-0.39, 0.29) is 11.3 Å². The molecule has 0 fully saturated rings. The van der Waals surface area contributed by atoms with Gasteiger partial charge in [0.25, 0.3) is 0 Å². The topological polar surface area (TPSA) is 33.0 Å². The van der Waals surface area contributed by atoms with Gasteiger partial charge in [-0.2, -0.15) is 5.26 Å². The van der Waals surface area contributed by atoms with E-state index in [0.717, 1.165) is 22.2 Å². The first-order chi connectivity index (χ1) is 14.2. The van der Waals surface area contributed by atoms with Gasteiger partial charge in [-0.1, -0.05) is 30.0 Å². The number of thiocyanates is 1. The van der Waals surface area contributed by atoms with Crippen LogP contribution in [-0.2, 0) is 0 Å². The van der Waals surface area contributed by atoms with E-state index < -0.39 is 12.2 Å². The van der Waals surface area contributed by atoms with E-state index in [0.29, 0.717) is 16.7 Å². The van der Waals surface area contributed by atoms with Crippen LogP contribution >= 0.6 is 11.8 Å². The van der Waals surface area contributed by atoms with Gasteiger partial charge >= 0.3 is 6.36 Å². The molecule has 0 aliphatic carbocycles. The summed E-state index contributed by atoms with van der Waals surface area (Å²) in [5.74, 6) is 4.79. The van der Waals surface area contributed by atoms with Gasteiger partial charge in [-0.15, -0.1) is 13.2 Å². The number of halogens is 4. The molecule has 3 rings (SSSR count). The van der Waals surface area contributed by atoms with Gasteiger partial charge in [-0.05, 0) is 77.8 Å². The van der Waals surface area contributed by atoms with E-state index in [1.165, 1.54) is 36.4 Å². The van der Waals surface area contributed by atoms with Crippen LogP contribution in [0.2, 0.25) is 0 Å². The van der Waals surface area contributed by atoms with Gasteiger partial charge < -0.3 is 4.74 Å². The number of aryl methyl sites for hydroxylation is 1. The van der Waals surface area contributed by atoms with Gasteiger partial charge in [0, 0.05) is 10.5 Å². The second-order valence-corrected chi connectivity index (χ2v) is 7.02. The second kappa shape index (κ2) is 8.94. The third kappa shape index (κ3) is 5.56. The summed E-state index contributed by atoms with van der Waals surface area (Å²) in [6.07, 6.45) is -4.76.